The summed E-state index contributed by atoms with van der Waals surface area (Å²) in [6.45, 7) is 1.98. The van der Waals surface area contributed by atoms with Crippen molar-refractivity contribution >= 4 is 17.3 Å². The summed E-state index contributed by atoms with van der Waals surface area (Å²) in [4.78, 5) is 43.8. The van der Waals surface area contributed by atoms with Crippen LogP contribution in [0.1, 0.15) is 38.5 Å². The molecule has 1 aliphatic heterocycles. The number of carbonyl (C=O) groups excluding carboxylic acids is 1. The van der Waals surface area contributed by atoms with Gasteiger partial charge in [-0.15, -0.1) is 0 Å². The average molecular weight is 385 g/mol. The van der Waals surface area contributed by atoms with Gasteiger partial charge >= 0.3 is 5.69 Å². The molecule has 0 unspecified atom stereocenters. The first kappa shape index (κ1) is 17.6. The molecule has 0 N–H and O–H groups in total. The standard InChI is InChI=1S/C23H19N3O3/c1-12-7-6-8-13(11-12)16-17-19(14-9-4-5-10-15(14)20(17)27)24-21-18(16)22(28)26(3)23(29)25(21)2/h4-11,16-17H,1-3H3/t16-,17+/m0/s1. The van der Waals surface area contributed by atoms with Gasteiger partial charge in [0.15, 0.2) is 5.78 Å². The van der Waals surface area contributed by atoms with E-state index in [9.17, 15) is 14.4 Å². The summed E-state index contributed by atoms with van der Waals surface area (Å²) in [6, 6.07) is 15.2. The van der Waals surface area contributed by atoms with Crippen molar-refractivity contribution in [3.05, 3.63) is 97.2 Å². The van der Waals surface area contributed by atoms with Gasteiger partial charge < -0.3 is 0 Å². The molecule has 3 aromatic rings. The van der Waals surface area contributed by atoms with Crippen molar-refractivity contribution in [2.45, 2.75) is 12.8 Å². The highest BCUT2D eigenvalue weighted by atomic mass is 16.2. The number of hydrogen-bond donors (Lipinski definition) is 0. The molecule has 0 saturated heterocycles. The Morgan fingerprint density at radius 1 is 0.862 bits per heavy atom. The molecule has 6 nitrogen and oxygen atoms in total. The van der Waals surface area contributed by atoms with E-state index in [1.54, 1.807) is 13.1 Å². The molecule has 0 amide bonds. The summed E-state index contributed by atoms with van der Waals surface area (Å²) >= 11 is 0. The molecule has 144 valence electrons. The van der Waals surface area contributed by atoms with Crippen LogP contribution in [-0.4, -0.2) is 20.6 Å². The second-order valence-corrected chi connectivity index (χ2v) is 7.72. The third-order valence-corrected chi connectivity index (χ3v) is 5.98. The number of nitrogens with zero attached hydrogens (tertiary/aromatic N) is 3. The molecule has 2 heterocycles. The maximum atomic E-state index is 13.4. The minimum atomic E-state index is -0.577. The average Bonchev–Trinajstić information content (AvgIpc) is 3.01. The van der Waals surface area contributed by atoms with Gasteiger partial charge in [0.2, 0.25) is 0 Å². The second kappa shape index (κ2) is 5.98. The Kier molecular flexibility index (Phi) is 3.62. The van der Waals surface area contributed by atoms with Gasteiger partial charge in [0.05, 0.1) is 17.2 Å². The zero-order valence-corrected chi connectivity index (χ0v) is 16.3. The summed E-state index contributed by atoms with van der Waals surface area (Å²) < 4.78 is 2.49. The van der Waals surface area contributed by atoms with Crippen molar-refractivity contribution in [3.8, 4) is 0 Å². The van der Waals surface area contributed by atoms with Crippen molar-refractivity contribution < 1.29 is 4.79 Å². The Labute approximate surface area is 166 Å². The third-order valence-electron chi connectivity index (χ3n) is 5.98. The van der Waals surface area contributed by atoms with Gasteiger partial charge in [0.25, 0.3) is 5.56 Å². The summed E-state index contributed by atoms with van der Waals surface area (Å²) in [7, 11) is 3.07. The summed E-state index contributed by atoms with van der Waals surface area (Å²) in [5, 5.41) is 0. The number of ketones is 1. The minimum absolute atomic E-state index is 0.0348. The molecule has 29 heavy (non-hydrogen) atoms. The van der Waals surface area contributed by atoms with Crippen LogP contribution in [0.25, 0.3) is 0 Å². The number of aliphatic imine (C=N–C) groups is 1. The van der Waals surface area contributed by atoms with Crippen molar-refractivity contribution in [2.75, 3.05) is 0 Å². The summed E-state index contributed by atoms with van der Waals surface area (Å²) in [5.41, 5.74) is 3.50. The lowest BCUT2D eigenvalue weighted by atomic mass is 9.76. The number of Topliss-reactive ketones (excluding diaryl/α,β-unsaturated/α-hetero) is 1. The molecular formula is C23H19N3O3. The van der Waals surface area contributed by atoms with Crippen LogP contribution in [0.4, 0.5) is 5.82 Å². The minimum Gasteiger partial charge on any atom is -0.293 e. The Hall–Kier alpha value is -3.54. The zero-order chi connectivity index (χ0) is 20.4. The maximum absolute atomic E-state index is 13.4. The molecule has 0 spiro atoms. The lowest BCUT2D eigenvalue weighted by Gasteiger charge is -2.30. The molecule has 2 atom stereocenters. The van der Waals surface area contributed by atoms with E-state index in [2.05, 4.69) is 0 Å². The molecule has 0 saturated carbocycles. The Morgan fingerprint density at radius 2 is 1.59 bits per heavy atom. The lowest BCUT2D eigenvalue weighted by Crippen LogP contribution is -2.43. The fourth-order valence-corrected chi connectivity index (χ4v) is 4.59. The van der Waals surface area contributed by atoms with Crippen LogP contribution in [0.15, 0.2) is 63.1 Å². The fourth-order valence-electron chi connectivity index (χ4n) is 4.59. The smallest absolute Gasteiger partial charge is 0.293 e. The molecule has 0 radical (unpaired) electrons. The van der Waals surface area contributed by atoms with E-state index >= 15 is 0 Å². The molecule has 2 aliphatic rings. The Balaban J connectivity index is 1.92. The van der Waals surface area contributed by atoms with Crippen molar-refractivity contribution in [2.24, 2.45) is 25.0 Å². The van der Waals surface area contributed by atoms with E-state index in [0.29, 0.717) is 22.7 Å². The number of hydrogen-bond acceptors (Lipinski definition) is 4. The van der Waals surface area contributed by atoms with Crippen LogP contribution in [-0.2, 0) is 14.1 Å². The number of aromatic nitrogens is 2. The molecule has 2 aromatic carbocycles. The highest BCUT2D eigenvalue weighted by Gasteiger charge is 2.47. The first-order chi connectivity index (χ1) is 13.9. The van der Waals surface area contributed by atoms with Crippen LogP contribution in [0, 0.1) is 12.8 Å². The van der Waals surface area contributed by atoms with Gasteiger partial charge in [0.1, 0.15) is 5.82 Å². The number of rotatable bonds is 1. The second-order valence-electron chi connectivity index (χ2n) is 7.72. The monoisotopic (exact) mass is 385 g/mol. The molecule has 0 fully saturated rings. The van der Waals surface area contributed by atoms with E-state index in [1.807, 2.05) is 49.4 Å². The van der Waals surface area contributed by atoms with Crippen molar-refractivity contribution in [1.29, 1.82) is 0 Å². The van der Waals surface area contributed by atoms with E-state index in [-0.39, 0.29) is 5.78 Å². The van der Waals surface area contributed by atoms with E-state index in [1.165, 1.54) is 11.6 Å². The predicted octanol–water partition coefficient (Wildman–Crippen LogP) is 2.47. The summed E-state index contributed by atoms with van der Waals surface area (Å²) in [5.74, 6) is -0.775. The maximum Gasteiger partial charge on any atom is 0.332 e. The molecule has 0 bridgehead atoms. The summed E-state index contributed by atoms with van der Waals surface area (Å²) in [6.07, 6.45) is 0. The van der Waals surface area contributed by atoms with Gasteiger partial charge in [0, 0.05) is 31.1 Å². The molecule has 5 rings (SSSR count). The number of fused-ring (bicyclic) bond motifs is 4. The van der Waals surface area contributed by atoms with Crippen LogP contribution < -0.4 is 11.2 Å². The van der Waals surface area contributed by atoms with Gasteiger partial charge in [-0.3, -0.25) is 18.7 Å². The number of benzene rings is 2. The SMILES string of the molecule is Cc1cccc([C@@H]2c3c(n(C)c(=O)n(C)c3=O)N=C3c4ccccc4C(=O)[C@@H]32)c1. The molecule has 6 heteroatoms. The first-order valence-corrected chi connectivity index (χ1v) is 9.49. The fraction of sp³-hybridized carbons (Fsp3) is 0.217. The van der Waals surface area contributed by atoms with Gasteiger partial charge in [-0.1, -0.05) is 54.1 Å². The highest BCUT2D eigenvalue weighted by molar-refractivity contribution is 6.30. The lowest BCUT2D eigenvalue weighted by molar-refractivity contribution is 0.0953. The third kappa shape index (κ3) is 2.29. The van der Waals surface area contributed by atoms with Crippen LogP contribution in [0.2, 0.25) is 0 Å². The largest absolute Gasteiger partial charge is 0.332 e. The Bertz CT molecular complexity index is 1360. The van der Waals surface area contributed by atoms with Crippen molar-refractivity contribution in [3.63, 3.8) is 0 Å². The molecular weight excluding hydrogens is 366 g/mol. The van der Waals surface area contributed by atoms with Gasteiger partial charge in [-0.25, -0.2) is 9.79 Å². The van der Waals surface area contributed by atoms with E-state index in [4.69, 9.17) is 4.99 Å². The Morgan fingerprint density at radius 3 is 2.31 bits per heavy atom. The zero-order valence-electron chi connectivity index (χ0n) is 16.3. The number of carbonyl (C=O) groups is 1. The van der Waals surface area contributed by atoms with Crippen LogP contribution in [0.3, 0.4) is 0 Å². The van der Waals surface area contributed by atoms with Crippen molar-refractivity contribution in [1.82, 2.24) is 9.13 Å². The van der Waals surface area contributed by atoms with Crippen LogP contribution in [0.5, 0.6) is 0 Å². The highest BCUT2D eigenvalue weighted by Crippen LogP contribution is 2.46. The van der Waals surface area contributed by atoms with E-state index < -0.39 is 23.1 Å². The van der Waals surface area contributed by atoms with Gasteiger partial charge in [-0.05, 0) is 12.5 Å². The predicted molar refractivity (Wildman–Crippen MR) is 110 cm³/mol. The van der Waals surface area contributed by atoms with Crippen LogP contribution >= 0.6 is 0 Å². The molecule has 1 aromatic heterocycles. The van der Waals surface area contributed by atoms with Gasteiger partial charge in [-0.2, -0.15) is 0 Å². The normalized spacial score (nSPS) is 19.4. The molecule has 1 aliphatic carbocycles. The quantitative estimate of drug-likeness (QED) is 0.646. The first-order valence-electron chi connectivity index (χ1n) is 9.49. The number of aryl methyl sites for hydroxylation is 1. The van der Waals surface area contributed by atoms with E-state index in [0.717, 1.165) is 21.3 Å². The topological polar surface area (TPSA) is 73.4 Å².